The number of benzene rings is 1. The molecule has 1 fully saturated rings. The van der Waals surface area contributed by atoms with E-state index in [0.29, 0.717) is 30.6 Å². The van der Waals surface area contributed by atoms with E-state index >= 15 is 0 Å². The Hall–Kier alpha value is -1.79. The van der Waals surface area contributed by atoms with Crippen LogP contribution in [0.2, 0.25) is 0 Å². The minimum atomic E-state index is -0.433. The normalized spacial score (nSPS) is 30.5. The Morgan fingerprint density at radius 3 is 2.78 bits per heavy atom. The second-order valence-corrected chi connectivity index (χ2v) is 6.26. The molecule has 23 heavy (non-hydrogen) atoms. The van der Waals surface area contributed by atoms with E-state index in [2.05, 4.69) is 0 Å². The van der Waals surface area contributed by atoms with Crippen LogP contribution < -0.4 is 4.74 Å². The van der Waals surface area contributed by atoms with Crippen LogP contribution in [0.25, 0.3) is 0 Å². The molecule has 2 aliphatic rings. The highest BCUT2D eigenvalue weighted by molar-refractivity contribution is 5.95. The van der Waals surface area contributed by atoms with Crippen LogP contribution in [0.1, 0.15) is 42.1 Å². The number of aliphatic hydroxyl groups is 1. The zero-order valence-corrected chi connectivity index (χ0v) is 13.3. The van der Waals surface area contributed by atoms with Crippen molar-refractivity contribution in [3.8, 4) is 11.5 Å². The van der Waals surface area contributed by atoms with Crippen molar-refractivity contribution < 1.29 is 29.2 Å². The van der Waals surface area contributed by atoms with Gasteiger partial charge in [-0.25, -0.2) is 4.79 Å². The number of hydrogen-bond acceptors (Lipinski definition) is 6. The second kappa shape index (κ2) is 6.37. The quantitative estimate of drug-likeness (QED) is 0.826. The number of aromatic hydroxyl groups is 1. The van der Waals surface area contributed by atoms with Crippen LogP contribution in [-0.4, -0.2) is 47.7 Å². The van der Waals surface area contributed by atoms with E-state index in [1.165, 1.54) is 13.2 Å². The molecule has 0 radical (unpaired) electrons. The predicted molar refractivity (Wildman–Crippen MR) is 81.8 cm³/mol. The maximum absolute atomic E-state index is 12.3. The number of carbonyl (C=O) groups is 1. The lowest BCUT2D eigenvalue weighted by Crippen LogP contribution is -2.40. The molecule has 2 N–H and O–H groups in total. The van der Waals surface area contributed by atoms with Crippen molar-refractivity contribution in [3.63, 3.8) is 0 Å². The number of rotatable bonds is 3. The molecule has 1 aromatic carbocycles. The van der Waals surface area contributed by atoms with Crippen LogP contribution in [0.3, 0.4) is 0 Å². The summed E-state index contributed by atoms with van der Waals surface area (Å²) in [6, 6.07) is 2.99. The average molecular weight is 322 g/mol. The van der Waals surface area contributed by atoms with Crippen molar-refractivity contribution in [1.82, 2.24) is 0 Å². The molecule has 4 atom stereocenters. The van der Waals surface area contributed by atoms with Gasteiger partial charge in [-0.15, -0.1) is 0 Å². The fourth-order valence-corrected chi connectivity index (χ4v) is 3.36. The molecule has 0 amide bonds. The first-order valence-electron chi connectivity index (χ1n) is 7.92. The van der Waals surface area contributed by atoms with E-state index in [1.54, 1.807) is 6.07 Å². The highest BCUT2D eigenvalue weighted by Crippen LogP contribution is 2.35. The fourth-order valence-electron chi connectivity index (χ4n) is 3.36. The number of cyclic esters (lactones) is 1. The third-order valence-corrected chi connectivity index (χ3v) is 4.57. The van der Waals surface area contributed by atoms with Gasteiger partial charge in [-0.3, -0.25) is 0 Å². The van der Waals surface area contributed by atoms with Crippen molar-refractivity contribution in [3.05, 3.63) is 23.3 Å². The molecule has 0 aliphatic carbocycles. The molecular formula is C17H22O6. The van der Waals surface area contributed by atoms with Crippen molar-refractivity contribution >= 4 is 5.97 Å². The van der Waals surface area contributed by atoms with E-state index in [1.807, 2.05) is 6.92 Å². The molecule has 0 saturated carbocycles. The summed E-state index contributed by atoms with van der Waals surface area (Å²) in [6.45, 7) is 1.85. The fraction of sp³-hybridized carbons (Fsp3) is 0.588. The lowest BCUT2D eigenvalue weighted by Gasteiger charge is -2.34. The van der Waals surface area contributed by atoms with Crippen molar-refractivity contribution in [1.29, 1.82) is 0 Å². The molecule has 3 rings (SSSR count). The molecule has 0 spiro atoms. The summed E-state index contributed by atoms with van der Waals surface area (Å²) in [4.78, 5) is 12.3. The Kier molecular flexibility index (Phi) is 4.46. The maximum Gasteiger partial charge on any atom is 0.342 e. The first kappa shape index (κ1) is 16.1. The Labute approximate surface area is 135 Å². The molecule has 1 saturated heterocycles. The van der Waals surface area contributed by atoms with Gasteiger partial charge in [-0.2, -0.15) is 0 Å². The van der Waals surface area contributed by atoms with Crippen molar-refractivity contribution in [2.75, 3.05) is 7.11 Å². The summed E-state index contributed by atoms with van der Waals surface area (Å²) in [5.74, 6) is -0.0363. The minimum absolute atomic E-state index is 0.0352. The first-order valence-corrected chi connectivity index (χ1v) is 7.92. The van der Waals surface area contributed by atoms with Gasteiger partial charge in [0.25, 0.3) is 0 Å². The van der Waals surface area contributed by atoms with E-state index in [0.717, 1.165) is 12.0 Å². The lowest BCUT2D eigenvalue weighted by molar-refractivity contribution is -0.120. The SMILES string of the molecule is COc1cc(O)cc2c1C(=O)O[C@@H](C[C@H]1CC[C@@H](O)[C@H](C)O1)C2. The van der Waals surface area contributed by atoms with Gasteiger partial charge in [0.15, 0.2) is 0 Å². The predicted octanol–water partition coefficient (Wildman–Crippen LogP) is 1.80. The third-order valence-electron chi connectivity index (χ3n) is 4.57. The second-order valence-electron chi connectivity index (χ2n) is 6.26. The van der Waals surface area contributed by atoms with E-state index in [4.69, 9.17) is 14.2 Å². The highest BCUT2D eigenvalue weighted by atomic mass is 16.6. The number of carbonyl (C=O) groups excluding carboxylic acids is 1. The Morgan fingerprint density at radius 1 is 1.30 bits per heavy atom. The van der Waals surface area contributed by atoms with Gasteiger partial charge in [0.2, 0.25) is 0 Å². The van der Waals surface area contributed by atoms with E-state index < -0.39 is 12.1 Å². The minimum Gasteiger partial charge on any atom is -0.508 e. The van der Waals surface area contributed by atoms with Crippen LogP contribution >= 0.6 is 0 Å². The third kappa shape index (κ3) is 3.28. The number of phenols is 1. The smallest absolute Gasteiger partial charge is 0.342 e. The van der Waals surface area contributed by atoms with Gasteiger partial charge in [-0.05, 0) is 31.4 Å². The van der Waals surface area contributed by atoms with E-state index in [9.17, 15) is 15.0 Å². The number of esters is 1. The summed E-state index contributed by atoms with van der Waals surface area (Å²) < 4.78 is 16.5. The number of methoxy groups -OCH3 is 1. The monoisotopic (exact) mass is 322 g/mol. The first-order chi connectivity index (χ1) is 11.0. The highest BCUT2D eigenvalue weighted by Gasteiger charge is 2.34. The molecule has 6 nitrogen and oxygen atoms in total. The van der Waals surface area contributed by atoms with Crippen LogP contribution in [0.15, 0.2) is 12.1 Å². The van der Waals surface area contributed by atoms with Gasteiger partial charge >= 0.3 is 5.97 Å². The zero-order valence-electron chi connectivity index (χ0n) is 13.3. The van der Waals surface area contributed by atoms with Gasteiger partial charge < -0.3 is 24.4 Å². The average Bonchev–Trinajstić information content (AvgIpc) is 2.49. The summed E-state index contributed by atoms with van der Waals surface area (Å²) in [5, 5.41) is 19.5. The Morgan fingerprint density at radius 2 is 2.09 bits per heavy atom. The van der Waals surface area contributed by atoms with Crippen LogP contribution in [0.5, 0.6) is 11.5 Å². The number of aliphatic hydroxyl groups excluding tert-OH is 1. The molecule has 6 heteroatoms. The van der Waals surface area contributed by atoms with Gasteiger partial charge in [0, 0.05) is 18.9 Å². The van der Waals surface area contributed by atoms with Gasteiger partial charge in [0.1, 0.15) is 23.2 Å². The molecule has 2 aliphatic heterocycles. The number of phenolic OH excluding ortho intramolecular Hbond substituents is 1. The maximum atomic E-state index is 12.3. The Balaban J connectivity index is 1.73. The summed E-state index contributed by atoms with van der Waals surface area (Å²) >= 11 is 0. The number of ether oxygens (including phenoxy) is 3. The number of hydrogen-bond donors (Lipinski definition) is 2. The van der Waals surface area contributed by atoms with Gasteiger partial charge in [0.05, 0.1) is 25.4 Å². The molecular weight excluding hydrogens is 300 g/mol. The lowest BCUT2D eigenvalue weighted by atomic mass is 9.92. The van der Waals surface area contributed by atoms with Crippen LogP contribution in [0.4, 0.5) is 0 Å². The molecule has 126 valence electrons. The van der Waals surface area contributed by atoms with Crippen molar-refractivity contribution in [2.24, 2.45) is 0 Å². The Bertz CT molecular complexity index is 599. The standard InChI is InChI=1S/C17H22O6/c1-9-14(19)4-3-12(22-9)8-13-6-10-5-11(18)7-15(21-2)16(10)17(20)23-13/h5,7,9,12-14,18-19H,3-4,6,8H2,1-2H3/t9-,12+,13+,14+/m0/s1. The van der Waals surface area contributed by atoms with E-state index in [-0.39, 0.29) is 24.1 Å². The largest absolute Gasteiger partial charge is 0.508 e. The molecule has 0 bridgehead atoms. The summed E-state index contributed by atoms with van der Waals surface area (Å²) in [6.07, 6.45) is 1.57. The van der Waals surface area contributed by atoms with Crippen LogP contribution in [0, 0.1) is 0 Å². The topological polar surface area (TPSA) is 85.2 Å². The number of fused-ring (bicyclic) bond motifs is 1. The summed E-state index contributed by atoms with van der Waals surface area (Å²) in [5.41, 5.74) is 1.11. The molecule has 0 unspecified atom stereocenters. The summed E-state index contributed by atoms with van der Waals surface area (Å²) in [7, 11) is 1.46. The van der Waals surface area contributed by atoms with Crippen LogP contribution in [-0.2, 0) is 15.9 Å². The molecule has 0 aromatic heterocycles. The molecule has 2 heterocycles. The van der Waals surface area contributed by atoms with Crippen molar-refractivity contribution in [2.45, 2.75) is 57.0 Å². The molecule has 1 aromatic rings. The zero-order chi connectivity index (χ0) is 16.6. The van der Waals surface area contributed by atoms with Gasteiger partial charge in [-0.1, -0.05) is 0 Å².